The predicted molar refractivity (Wildman–Crippen MR) is 41.5 cm³/mol. The Labute approximate surface area is 70.4 Å². The number of carbonyl (C=O) groups excluding carboxylic acids is 2. The summed E-state index contributed by atoms with van der Waals surface area (Å²) in [5.41, 5.74) is 0. The molecule has 2 rings (SSSR count). The Kier molecular flexibility index (Phi) is 1.61. The standard InChI is InChI=1S/C9H10O3/c1-5(11)9-6(4-10)7-2-3-8(9)12-7/h2-4,6-9H,1H3. The van der Waals surface area contributed by atoms with Crippen LogP contribution in [0.3, 0.4) is 0 Å². The maximum absolute atomic E-state index is 11.1. The van der Waals surface area contributed by atoms with Crippen molar-refractivity contribution in [2.45, 2.75) is 19.1 Å². The average Bonchev–Trinajstić information content (AvgIpc) is 2.60. The van der Waals surface area contributed by atoms with Crippen LogP contribution in [0.15, 0.2) is 12.2 Å². The van der Waals surface area contributed by atoms with Crippen LogP contribution in [-0.2, 0) is 14.3 Å². The lowest BCUT2D eigenvalue weighted by Crippen LogP contribution is -2.30. The van der Waals surface area contributed by atoms with Gasteiger partial charge in [0.05, 0.1) is 24.0 Å². The van der Waals surface area contributed by atoms with Gasteiger partial charge >= 0.3 is 0 Å². The lowest BCUT2D eigenvalue weighted by molar-refractivity contribution is -0.125. The zero-order chi connectivity index (χ0) is 8.72. The minimum Gasteiger partial charge on any atom is -0.365 e. The minimum atomic E-state index is -0.252. The van der Waals surface area contributed by atoms with Crippen molar-refractivity contribution in [3.05, 3.63) is 12.2 Å². The third-order valence-electron chi connectivity index (χ3n) is 2.58. The zero-order valence-corrected chi connectivity index (χ0v) is 6.77. The summed E-state index contributed by atoms with van der Waals surface area (Å²) < 4.78 is 5.39. The minimum absolute atomic E-state index is 0.0453. The summed E-state index contributed by atoms with van der Waals surface area (Å²) in [6.45, 7) is 1.51. The van der Waals surface area contributed by atoms with E-state index < -0.39 is 0 Å². The molecule has 1 saturated heterocycles. The van der Waals surface area contributed by atoms with E-state index in [9.17, 15) is 9.59 Å². The molecule has 0 amide bonds. The van der Waals surface area contributed by atoms with E-state index in [1.165, 1.54) is 6.92 Å². The number of rotatable bonds is 2. The predicted octanol–water partition coefficient (Wildman–Crippen LogP) is 0.344. The van der Waals surface area contributed by atoms with Crippen molar-refractivity contribution in [1.82, 2.24) is 0 Å². The first-order chi connectivity index (χ1) is 5.74. The molecule has 4 unspecified atom stereocenters. The summed E-state index contributed by atoms with van der Waals surface area (Å²) in [4.78, 5) is 21.8. The van der Waals surface area contributed by atoms with Crippen molar-refractivity contribution >= 4 is 12.1 Å². The highest BCUT2D eigenvalue weighted by Crippen LogP contribution is 2.38. The van der Waals surface area contributed by atoms with Crippen LogP contribution in [0.25, 0.3) is 0 Å². The van der Waals surface area contributed by atoms with Crippen molar-refractivity contribution in [1.29, 1.82) is 0 Å². The molecule has 64 valence electrons. The number of aldehydes is 1. The van der Waals surface area contributed by atoms with Gasteiger partial charge < -0.3 is 9.53 Å². The van der Waals surface area contributed by atoms with E-state index in [2.05, 4.69) is 0 Å². The van der Waals surface area contributed by atoms with Crippen molar-refractivity contribution in [2.75, 3.05) is 0 Å². The van der Waals surface area contributed by atoms with Gasteiger partial charge in [-0.15, -0.1) is 0 Å². The number of carbonyl (C=O) groups is 2. The van der Waals surface area contributed by atoms with Crippen LogP contribution in [0, 0.1) is 11.8 Å². The molecule has 3 nitrogen and oxygen atoms in total. The van der Waals surface area contributed by atoms with Crippen LogP contribution in [0.2, 0.25) is 0 Å². The van der Waals surface area contributed by atoms with Gasteiger partial charge in [-0.2, -0.15) is 0 Å². The Morgan fingerprint density at radius 1 is 1.42 bits per heavy atom. The topological polar surface area (TPSA) is 43.4 Å². The van der Waals surface area contributed by atoms with Crippen LogP contribution < -0.4 is 0 Å². The number of ketones is 1. The van der Waals surface area contributed by atoms with E-state index in [4.69, 9.17) is 4.74 Å². The molecule has 0 aromatic rings. The molecule has 2 aliphatic rings. The van der Waals surface area contributed by atoms with Gasteiger partial charge in [-0.3, -0.25) is 4.79 Å². The molecule has 2 bridgehead atoms. The van der Waals surface area contributed by atoms with Gasteiger partial charge in [0, 0.05) is 0 Å². The molecule has 2 heterocycles. The van der Waals surface area contributed by atoms with Crippen molar-refractivity contribution < 1.29 is 14.3 Å². The van der Waals surface area contributed by atoms with Crippen LogP contribution in [-0.4, -0.2) is 24.3 Å². The van der Waals surface area contributed by atoms with E-state index in [-0.39, 0.29) is 29.8 Å². The van der Waals surface area contributed by atoms with Gasteiger partial charge in [0.15, 0.2) is 0 Å². The number of hydrogen-bond donors (Lipinski definition) is 0. The summed E-state index contributed by atoms with van der Waals surface area (Å²) >= 11 is 0. The molecule has 0 aromatic heterocycles. The van der Waals surface area contributed by atoms with Crippen molar-refractivity contribution in [3.8, 4) is 0 Å². The molecule has 12 heavy (non-hydrogen) atoms. The van der Waals surface area contributed by atoms with Crippen LogP contribution in [0.4, 0.5) is 0 Å². The Bertz CT molecular complexity index is 256. The van der Waals surface area contributed by atoms with Crippen LogP contribution >= 0.6 is 0 Å². The average molecular weight is 166 g/mol. The first-order valence-electron chi connectivity index (χ1n) is 4.03. The van der Waals surface area contributed by atoms with Gasteiger partial charge in [-0.05, 0) is 6.92 Å². The Morgan fingerprint density at radius 2 is 2.08 bits per heavy atom. The summed E-state index contributed by atoms with van der Waals surface area (Å²) in [6, 6.07) is 0. The van der Waals surface area contributed by atoms with E-state index in [1.807, 2.05) is 12.2 Å². The monoisotopic (exact) mass is 166 g/mol. The smallest absolute Gasteiger partial charge is 0.136 e. The molecule has 0 N–H and O–H groups in total. The lowest BCUT2D eigenvalue weighted by Gasteiger charge is -2.16. The fraction of sp³-hybridized carbons (Fsp3) is 0.556. The lowest BCUT2D eigenvalue weighted by atomic mass is 9.82. The molecule has 0 saturated carbocycles. The molecular weight excluding hydrogens is 156 g/mol. The van der Waals surface area contributed by atoms with Gasteiger partial charge in [0.2, 0.25) is 0 Å². The molecule has 0 aliphatic carbocycles. The molecule has 0 spiro atoms. The molecule has 3 heteroatoms. The van der Waals surface area contributed by atoms with Crippen LogP contribution in [0.5, 0.6) is 0 Å². The maximum Gasteiger partial charge on any atom is 0.136 e. The molecular formula is C9H10O3. The van der Waals surface area contributed by atoms with Gasteiger partial charge in [-0.1, -0.05) is 12.2 Å². The zero-order valence-electron chi connectivity index (χ0n) is 6.77. The fourth-order valence-electron chi connectivity index (χ4n) is 2.00. The molecule has 0 aromatic carbocycles. The van der Waals surface area contributed by atoms with E-state index in [1.54, 1.807) is 0 Å². The van der Waals surface area contributed by atoms with E-state index >= 15 is 0 Å². The first kappa shape index (κ1) is 7.68. The third kappa shape index (κ3) is 0.862. The Hall–Kier alpha value is -0.960. The number of hydrogen-bond acceptors (Lipinski definition) is 3. The second kappa shape index (κ2) is 2.52. The van der Waals surface area contributed by atoms with Gasteiger partial charge in [0.1, 0.15) is 12.1 Å². The SMILES string of the molecule is CC(=O)C1C2C=CC(O2)C1C=O. The Morgan fingerprint density at radius 3 is 2.58 bits per heavy atom. The molecule has 0 radical (unpaired) electrons. The summed E-state index contributed by atoms with van der Waals surface area (Å²) in [6.07, 6.45) is 4.27. The third-order valence-corrected chi connectivity index (χ3v) is 2.58. The van der Waals surface area contributed by atoms with Gasteiger partial charge in [0.25, 0.3) is 0 Å². The quantitative estimate of drug-likeness (QED) is 0.439. The van der Waals surface area contributed by atoms with Crippen molar-refractivity contribution in [2.24, 2.45) is 11.8 Å². The Balaban J connectivity index is 2.28. The first-order valence-corrected chi connectivity index (χ1v) is 4.03. The van der Waals surface area contributed by atoms with E-state index in [0.717, 1.165) is 6.29 Å². The van der Waals surface area contributed by atoms with E-state index in [0.29, 0.717) is 0 Å². The number of Topliss-reactive ketones (excluding diaryl/α,β-unsaturated/α-hetero) is 1. The highest BCUT2D eigenvalue weighted by Gasteiger charge is 2.47. The highest BCUT2D eigenvalue weighted by molar-refractivity contribution is 5.84. The molecule has 4 atom stereocenters. The van der Waals surface area contributed by atoms with Gasteiger partial charge in [-0.25, -0.2) is 0 Å². The second-order valence-corrected chi connectivity index (χ2v) is 3.30. The summed E-state index contributed by atoms with van der Waals surface area (Å²) in [5.74, 6) is -0.445. The highest BCUT2D eigenvalue weighted by atomic mass is 16.5. The number of fused-ring (bicyclic) bond motifs is 2. The normalized spacial score (nSPS) is 43.4. The van der Waals surface area contributed by atoms with Crippen molar-refractivity contribution in [3.63, 3.8) is 0 Å². The summed E-state index contributed by atoms with van der Waals surface area (Å²) in [7, 11) is 0. The molecule has 1 fully saturated rings. The summed E-state index contributed by atoms with van der Waals surface area (Å²) in [5, 5.41) is 0. The van der Waals surface area contributed by atoms with Crippen LogP contribution in [0.1, 0.15) is 6.92 Å². The molecule has 2 aliphatic heterocycles. The number of ether oxygens (including phenoxy) is 1. The second-order valence-electron chi connectivity index (χ2n) is 3.30. The largest absolute Gasteiger partial charge is 0.365 e. The fourth-order valence-corrected chi connectivity index (χ4v) is 2.00. The maximum atomic E-state index is 11.1.